The van der Waals surface area contributed by atoms with Gasteiger partial charge in [-0.05, 0) is 106 Å². The van der Waals surface area contributed by atoms with Crippen LogP contribution in [0.1, 0.15) is 87.5 Å². The standard InChI is InChI=1S/C50H64ClN11O4/c1-5-34-7-6-8-37(29-34)38-30-42(58-48(65)66-49(2,3)4)43(54-31-38)46(63)62-21-14-35(15-22-62)32-60-27-25-59(26-28-60)20-16-41(36-9-11-39(51)12-10-36)57-47(64)50(52)17-23-61(24-18-50)45-40-13-19-53-44(40)55-33-56-45/h6-13,19,29-31,33,35,41H,5,14-18,20-28,32,52H2,1-4H3,(H,57,64)(H,58,65)(H,53,55,56)/t41-/m0/s1. The van der Waals surface area contributed by atoms with Gasteiger partial charge in [-0.1, -0.05) is 54.9 Å². The number of H-pyrrole nitrogens is 1. The Bertz CT molecular complexity index is 2470. The van der Waals surface area contributed by atoms with Crippen molar-refractivity contribution < 1.29 is 19.1 Å². The number of piperazine rings is 1. The number of carbonyl (C=O) groups excluding carboxylic acids is 3. The number of anilines is 2. The van der Waals surface area contributed by atoms with Gasteiger partial charge in [0.25, 0.3) is 5.91 Å². The van der Waals surface area contributed by atoms with Crippen molar-refractivity contribution in [3.05, 3.63) is 101 Å². The van der Waals surface area contributed by atoms with Crippen LogP contribution in [0.5, 0.6) is 0 Å². The van der Waals surface area contributed by atoms with Gasteiger partial charge in [0.2, 0.25) is 5.91 Å². The quantitative estimate of drug-likeness (QED) is 0.0932. The van der Waals surface area contributed by atoms with E-state index in [1.807, 2.05) is 80.4 Å². The molecule has 0 aliphatic carbocycles. The zero-order chi connectivity index (χ0) is 46.4. The fourth-order valence-electron chi connectivity index (χ4n) is 9.39. The number of nitrogens with zero attached hydrogens (tertiary/aromatic N) is 7. The van der Waals surface area contributed by atoms with E-state index in [9.17, 15) is 14.4 Å². The minimum absolute atomic E-state index is 0.130. The molecule has 1 atom stereocenters. The molecule has 0 unspecified atom stereocenters. The van der Waals surface area contributed by atoms with Crippen molar-refractivity contribution in [3.63, 3.8) is 0 Å². The number of halogens is 1. The number of fused-ring (bicyclic) bond motifs is 1. The van der Waals surface area contributed by atoms with Crippen LogP contribution in [-0.4, -0.2) is 129 Å². The number of aromatic amines is 1. The molecule has 3 aliphatic heterocycles. The van der Waals surface area contributed by atoms with Gasteiger partial charge in [-0.2, -0.15) is 0 Å². The molecule has 66 heavy (non-hydrogen) atoms. The zero-order valence-corrected chi connectivity index (χ0v) is 39.4. The maximum atomic E-state index is 14.0. The Morgan fingerprint density at radius 2 is 1.64 bits per heavy atom. The van der Waals surface area contributed by atoms with Crippen LogP contribution in [0, 0.1) is 5.92 Å². The third-order valence-corrected chi connectivity index (χ3v) is 13.6. The van der Waals surface area contributed by atoms with Gasteiger partial charge in [0.05, 0.1) is 22.7 Å². The van der Waals surface area contributed by atoms with Crippen molar-refractivity contribution in [2.24, 2.45) is 11.7 Å². The van der Waals surface area contributed by atoms with Crippen LogP contribution in [0.2, 0.25) is 5.02 Å². The first kappa shape index (κ1) is 46.9. The molecule has 350 valence electrons. The van der Waals surface area contributed by atoms with Crippen molar-refractivity contribution in [1.29, 1.82) is 0 Å². The molecule has 0 saturated carbocycles. The summed E-state index contributed by atoms with van der Waals surface area (Å²) in [5.41, 5.74) is 10.5. The minimum Gasteiger partial charge on any atom is -0.444 e. The van der Waals surface area contributed by atoms with E-state index >= 15 is 0 Å². The first-order valence-corrected chi connectivity index (χ1v) is 23.8. The van der Waals surface area contributed by atoms with E-state index in [0.29, 0.717) is 55.6 Å². The molecular weight excluding hydrogens is 854 g/mol. The summed E-state index contributed by atoms with van der Waals surface area (Å²) < 4.78 is 5.56. The summed E-state index contributed by atoms with van der Waals surface area (Å²) in [7, 11) is 0. The number of nitrogens with two attached hydrogens (primary N) is 1. The molecule has 2 aromatic carbocycles. The Morgan fingerprint density at radius 3 is 2.35 bits per heavy atom. The first-order chi connectivity index (χ1) is 31.7. The molecule has 3 saturated heterocycles. The molecule has 3 aromatic heterocycles. The lowest BCUT2D eigenvalue weighted by atomic mass is 9.87. The van der Waals surface area contributed by atoms with E-state index in [-0.39, 0.29) is 23.6 Å². The van der Waals surface area contributed by atoms with Gasteiger partial charge in [-0.3, -0.25) is 14.9 Å². The van der Waals surface area contributed by atoms with Crippen molar-refractivity contribution in [1.82, 2.24) is 40.0 Å². The highest BCUT2D eigenvalue weighted by Crippen LogP contribution is 2.31. The second kappa shape index (κ2) is 20.5. The predicted octanol–water partition coefficient (Wildman–Crippen LogP) is 7.30. The number of hydrogen-bond donors (Lipinski definition) is 4. The number of aromatic nitrogens is 4. The highest BCUT2D eigenvalue weighted by molar-refractivity contribution is 6.30. The van der Waals surface area contributed by atoms with Crippen LogP contribution in [-0.2, 0) is 16.0 Å². The fraction of sp³-hybridized carbons (Fsp3) is 0.480. The van der Waals surface area contributed by atoms with Crippen LogP contribution in [0.4, 0.5) is 16.3 Å². The van der Waals surface area contributed by atoms with Gasteiger partial charge < -0.3 is 40.4 Å². The number of hydrogen-bond acceptors (Lipinski definition) is 11. The summed E-state index contributed by atoms with van der Waals surface area (Å²) >= 11 is 6.28. The summed E-state index contributed by atoms with van der Waals surface area (Å²) in [6.45, 7) is 15.6. The molecule has 6 heterocycles. The Labute approximate surface area is 392 Å². The number of aryl methyl sites for hydroxylation is 1. The third-order valence-electron chi connectivity index (χ3n) is 13.3. The van der Waals surface area contributed by atoms with Crippen molar-refractivity contribution in [2.75, 3.05) is 75.7 Å². The summed E-state index contributed by atoms with van der Waals surface area (Å²) in [5, 5.41) is 7.80. The van der Waals surface area contributed by atoms with Crippen molar-refractivity contribution in [2.45, 2.75) is 83.4 Å². The van der Waals surface area contributed by atoms with Gasteiger partial charge >= 0.3 is 6.09 Å². The van der Waals surface area contributed by atoms with Gasteiger partial charge in [-0.25, -0.2) is 19.7 Å². The number of likely N-dealkylation sites (tertiary alicyclic amines) is 1. The van der Waals surface area contributed by atoms with E-state index in [1.54, 1.807) is 12.5 Å². The Hall–Kier alpha value is -5.61. The second-order valence-electron chi connectivity index (χ2n) is 19.1. The normalized spacial score (nSPS) is 18.0. The maximum Gasteiger partial charge on any atom is 0.412 e. The minimum atomic E-state index is -0.994. The number of carbonyl (C=O) groups is 3. The summed E-state index contributed by atoms with van der Waals surface area (Å²) in [6.07, 6.45) is 8.95. The van der Waals surface area contributed by atoms with Crippen molar-refractivity contribution >= 4 is 52.0 Å². The summed E-state index contributed by atoms with van der Waals surface area (Å²) in [6, 6.07) is 19.5. The Balaban J connectivity index is 0.821. The first-order valence-electron chi connectivity index (χ1n) is 23.5. The fourth-order valence-corrected chi connectivity index (χ4v) is 9.51. The Kier molecular flexibility index (Phi) is 14.6. The lowest BCUT2D eigenvalue weighted by Gasteiger charge is -2.40. The lowest BCUT2D eigenvalue weighted by Crippen LogP contribution is -2.60. The van der Waals surface area contributed by atoms with Gasteiger partial charge in [0, 0.05) is 88.4 Å². The molecule has 3 fully saturated rings. The number of amides is 3. The summed E-state index contributed by atoms with van der Waals surface area (Å²) in [5.74, 6) is 1.00. The molecule has 0 spiro atoms. The maximum absolute atomic E-state index is 14.0. The van der Waals surface area contributed by atoms with E-state index in [4.69, 9.17) is 22.1 Å². The molecular formula is C50H64ClN11O4. The van der Waals surface area contributed by atoms with Crippen LogP contribution < -0.4 is 21.3 Å². The lowest BCUT2D eigenvalue weighted by molar-refractivity contribution is -0.128. The molecule has 3 amide bonds. The third kappa shape index (κ3) is 11.5. The van der Waals surface area contributed by atoms with E-state index in [0.717, 1.165) is 98.5 Å². The van der Waals surface area contributed by atoms with Gasteiger partial charge in [0.15, 0.2) is 5.69 Å². The average Bonchev–Trinajstić information content (AvgIpc) is 3.80. The second-order valence-corrected chi connectivity index (χ2v) is 19.6. The monoisotopic (exact) mass is 917 g/mol. The zero-order valence-electron chi connectivity index (χ0n) is 38.7. The number of piperidine rings is 2. The highest BCUT2D eigenvalue weighted by atomic mass is 35.5. The van der Waals surface area contributed by atoms with Crippen LogP contribution >= 0.6 is 11.6 Å². The number of ether oxygens (including phenoxy) is 1. The van der Waals surface area contributed by atoms with Crippen LogP contribution in [0.3, 0.4) is 0 Å². The molecule has 5 aromatic rings. The number of benzene rings is 2. The average molecular weight is 919 g/mol. The Morgan fingerprint density at radius 1 is 0.909 bits per heavy atom. The molecule has 15 nitrogen and oxygen atoms in total. The topological polar surface area (TPSA) is 178 Å². The SMILES string of the molecule is CCc1cccc(-c2cnc(C(=O)N3CCC(CN4CCN(CC[C@H](NC(=O)C5(N)CCN(c6ncnc7[nH]ccc67)CC5)c5ccc(Cl)cc5)CC4)CC3)c(NC(=O)OC(C)(C)C)c2)c1. The van der Waals surface area contributed by atoms with E-state index in [2.05, 4.69) is 64.3 Å². The molecule has 5 N–H and O–H groups in total. The highest BCUT2D eigenvalue weighted by Gasteiger charge is 2.39. The smallest absolute Gasteiger partial charge is 0.412 e. The molecule has 8 rings (SSSR count). The van der Waals surface area contributed by atoms with Gasteiger partial charge in [-0.15, -0.1) is 0 Å². The largest absolute Gasteiger partial charge is 0.444 e. The molecule has 0 radical (unpaired) electrons. The van der Waals surface area contributed by atoms with Gasteiger partial charge in [0.1, 0.15) is 23.4 Å². The van der Waals surface area contributed by atoms with Crippen LogP contribution in [0.25, 0.3) is 22.2 Å². The molecule has 0 bridgehead atoms. The molecule has 3 aliphatic rings. The van der Waals surface area contributed by atoms with Crippen molar-refractivity contribution in [3.8, 4) is 11.1 Å². The van der Waals surface area contributed by atoms with Crippen LogP contribution in [0.15, 0.2) is 79.4 Å². The van der Waals surface area contributed by atoms with E-state index in [1.165, 1.54) is 5.56 Å². The number of nitrogens with one attached hydrogen (secondary N) is 3. The molecule has 16 heteroatoms. The predicted molar refractivity (Wildman–Crippen MR) is 260 cm³/mol. The summed E-state index contributed by atoms with van der Waals surface area (Å²) in [4.78, 5) is 66.7. The van der Waals surface area contributed by atoms with E-state index < -0.39 is 17.2 Å². The number of pyridine rings is 1. The number of rotatable bonds is 13.